The molecule has 2 aromatic rings. The number of allylic oxidation sites excluding steroid dienone is 1. The first-order chi connectivity index (χ1) is 14.2. The van der Waals surface area contributed by atoms with Crippen LogP contribution in [0.3, 0.4) is 0 Å². The summed E-state index contributed by atoms with van der Waals surface area (Å²) in [4.78, 5) is 17.3. The van der Waals surface area contributed by atoms with E-state index in [1.165, 1.54) is 18.3 Å². The Bertz CT molecular complexity index is 938. The van der Waals surface area contributed by atoms with E-state index in [4.69, 9.17) is 5.73 Å². The molecule has 0 saturated carbocycles. The molecule has 2 rings (SSSR count). The third kappa shape index (κ3) is 6.35. The highest BCUT2D eigenvalue weighted by molar-refractivity contribution is 7.83. The predicted molar refractivity (Wildman–Crippen MR) is 121 cm³/mol. The smallest absolute Gasteiger partial charge is 0.236 e. The lowest BCUT2D eigenvalue weighted by atomic mass is 9.87. The van der Waals surface area contributed by atoms with Gasteiger partial charge < -0.3 is 5.73 Å². The van der Waals surface area contributed by atoms with Gasteiger partial charge in [0.05, 0.1) is 17.0 Å². The fourth-order valence-corrected chi connectivity index (χ4v) is 3.89. The van der Waals surface area contributed by atoms with Gasteiger partial charge in [-0.2, -0.15) is 0 Å². The zero-order valence-electron chi connectivity index (χ0n) is 17.7. The molecule has 0 aromatic heterocycles. The van der Waals surface area contributed by atoms with Gasteiger partial charge in [0.2, 0.25) is 5.91 Å². The van der Waals surface area contributed by atoms with Crippen LogP contribution >= 0.6 is 0 Å². The average molecular weight is 430 g/mol. The van der Waals surface area contributed by atoms with E-state index in [2.05, 4.69) is 9.71 Å². The lowest BCUT2D eigenvalue weighted by Crippen LogP contribution is -2.28. The van der Waals surface area contributed by atoms with Crippen molar-refractivity contribution in [2.75, 3.05) is 0 Å². The number of carbonyl (C=O) groups is 1. The predicted octanol–water partition coefficient (Wildman–Crippen LogP) is 4.63. The minimum atomic E-state index is -1.70. The number of halogens is 1. The maximum Gasteiger partial charge on any atom is 0.236 e. The number of aliphatic imine (C=N–C) groups is 1. The standard InChI is InChI=1S/C23H28FN3O2S/c1-15(2)20-12-17(24)13-21(16(3)4)22(20)14-23(28)27-30(29)19-8-6-18(7-9-19)26-11-5-10-25/h5-13,15-16H,14,25H2,1-4H3,(H,27,28)/b10-5-,26-11?. The van der Waals surface area contributed by atoms with Crippen LogP contribution in [0.4, 0.5) is 10.1 Å². The molecular weight excluding hydrogens is 401 g/mol. The summed E-state index contributed by atoms with van der Waals surface area (Å²) in [5.41, 5.74) is 8.32. The van der Waals surface area contributed by atoms with Crippen LogP contribution < -0.4 is 10.5 Å². The van der Waals surface area contributed by atoms with E-state index in [9.17, 15) is 13.4 Å². The van der Waals surface area contributed by atoms with Gasteiger partial charge in [0.1, 0.15) is 5.82 Å². The molecule has 0 saturated heterocycles. The summed E-state index contributed by atoms with van der Waals surface area (Å²) in [7, 11) is -1.70. The van der Waals surface area contributed by atoms with Gasteiger partial charge in [-0.25, -0.2) is 8.60 Å². The van der Waals surface area contributed by atoms with Crippen molar-refractivity contribution in [3.63, 3.8) is 0 Å². The minimum Gasteiger partial charge on any atom is -0.405 e. The highest BCUT2D eigenvalue weighted by Crippen LogP contribution is 2.29. The van der Waals surface area contributed by atoms with E-state index < -0.39 is 11.0 Å². The van der Waals surface area contributed by atoms with Crippen LogP contribution in [-0.2, 0) is 22.2 Å². The largest absolute Gasteiger partial charge is 0.405 e. The van der Waals surface area contributed by atoms with Crippen LogP contribution in [0.1, 0.15) is 56.2 Å². The number of amides is 1. The lowest BCUT2D eigenvalue weighted by molar-refractivity contribution is -0.118. The van der Waals surface area contributed by atoms with Crippen molar-refractivity contribution < 1.29 is 13.4 Å². The molecule has 1 amide bonds. The summed E-state index contributed by atoms with van der Waals surface area (Å²) in [6, 6.07) is 9.66. The van der Waals surface area contributed by atoms with Crippen LogP contribution in [0.15, 0.2) is 58.6 Å². The van der Waals surface area contributed by atoms with E-state index in [0.29, 0.717) is 10.6 Å². The molecule has 0 aliphatic carbocycles. The average Bonchev–Trinajstić information content (AvgIpc) is 2.69. The van der Waals surface area contributed by atoms with E-state index in [0.717, 1.165) is 16.7 Å². The summed E-state index contributed by atoms with van der Waals surface area (Å²) in [5.74, 6) is -0.554. The number of benzene rings is 2. The van der Waals surface area contributed by atoms with Crippen molar-refractivity contribution in [3.8, 4) is 0 Å². The summed E-state index contributed by atoms with van der Waals surface area (Å²) in [6.45, 7) is 7.86. The van der Waals surface area contributed by atoms with Crippen molar-refractivity contribution in [2.24, 2.45) is 10.7 Å². The van der Waals surface area contributed by atoms with Gasteiger partial charge in [-0.15, -0.1) is 0 Å². The minimum absolute atomic E-state index is 0.0425. The molecular formula is C23H28FN3O2S. The molecule has 0 spiro atoms. The number of hydrogen-bond acceptors (Lipinski definition) is 4. The monoisotopic (exact) mass is 429 g/mol. The Morgan fingerprint density at radius 2 is 1.70 bits per heavy atom. The molecule has 0 fully saturated rings. The molecule has 5 nitrogen and oxygen atoms in total. The molecule has 3 N–H and O–H groups in total. The van der Waals surface area contributed by atoms with Gasteiger partial charge in [-0.05, 0) is 77.2 Å². The number of carbonyl (C=O) groups excluding carboxylic acids is 1. The molecule has 30 heavy (non-hydrogen) atoms. The molecule has 2 aromatic carbocycles. The zero-order chi connectivity index (χ0) is 22.3. The summed E-state index contributed by atoms with van der Waals surface area (Å²) >= 11 is 0. The number of hydrogen-bond donors (Lipinski definition) is 2. The Morgan fingerprint density at radius 1 is 1.13 bits per heavy atom. The first kappa shape index (κ1) is 23.5. The Hall–Kier alpha value is -2.80. The van der Waals surface area contributed by atoms with Crippen molar-refractivity contribution in [3.05, 3.63) is 71.2 Å². The summed E-state index contributed by atoms with van der Waals surface area (Å²) in [6.07, 6.45) is 4.56. The number of nitrogens with zero attached hydrogens (tertiary/aromatic N) is 1. The zero-order valence-corrected chi connectivity index (χ0v) is 18.5. The molecule has 0 bridgehead atoms. The highest BCUT2D eigenvalue weighted by atomic mass is 32.2. The molecule has 160 valence electrons. The van der Waals surface area contributed by atoms with Crippen LogP contribution in [-0.4, -0.2) is 16.3 Å². The third-order valence-corrected chi connectivity index (χ3v) is 5.66. The second kappa shape index (κ2) is 10.8. The SMILES string of the molecule is CC(C)c1cc(F)cc(C(C)C)c1CC(=O)NS(=O)c1ccc(N=C/C=C\N)cc1. The molecule has 7 heteroatoms. The van der Waals surface area contributed by atoms with Gasteiger partial charge in [0.15, 0.2) is 11.0 Å². The second-order valence-electron chi connectivity index (χ2n) is 7.50. The maximum atomic E-state index is 14.1. The second-order valence-corrected chi connectivity index (χ2v) is 8.71. The topological polar surface area (TPSA) is 84.5 Å². The van der Waals surface area contributed by atoms with E-state index >= 15 is 0 Å². The van der Waals surface area contributed by atoms with Crippen LogP contribution in [0.2, 0.25) is 0 Å². The van der Waals surface area contributed by atoms with Crippen molar-refractivity contribution in [2.45, 2.75) is 50.8 Å². The Morgan fingerprint density at radius 3 is 2.20 bits per heavy atom. The number of nitrogens with one attached hydrogen (secondary N) is 1. The third-order valence-electron chi connectivity index (χ3n) is 4.54. The van der Waals surface area contributed by atoms with Crippen molar-refractivity contribution >= 4 is 28.8 Å². The van der Waals surface area contributed by atoms with Gasteiger partial charge in [-0.3, -0.25) is 14.5 Å². The summed E-state index contributed by atoms with van der Waals surface area (Å²) in [5, 5.41) is 0. The molecule has 0 radical (unpaired) electrons. The van der Waals surface area contributed by atoms with Crippen LogP contribution in [0.25, 0.3) is 0 Å². The number of rotatable bonds is 8. The first-order valence-electron chi connectivity index (χ1n) is 9.77. The van der Waals surface area contributed by atoms with Gasteiger partial charge in [0.25, 0.3) is 0 Å². The van der Waals surface area contributed by atoms with Crippen molar-refractivity contribution in [1.29, 1.82) is 0 Å². The quantitative estimate of drug-likeness (QED) is 0.600. The normalized spacial score (nSPS) is 12.9. The molecule has 0 aliphatic heterocycles. The first-order valence-corrected chi connectivity index (χ1v) is 10.9. The maximum absolute atomic E-state index is 14.1. The molecule has 1 unspecified atom stereocenters. The summed E-state index contributed by atoms with van der Waals surface area (Å²) < 4.78 is 29.2. The van der Waals surface area contributed by atoms with Crippen LogP contribution in [0.5, 0.6) is 0 Å². The van der Waals surface area contributed by atoms with Gasteiger partial charge in [0, 0.05) is 6.21 Å². The van der Waals surface area contributed by atoms with E-state index in [1.807, 2.05) is 27.7 Å². The Balaban J connectivity index is 2.16. The molecule has 1 atom stereocenters. The van der Waals surface area contributed by atoms with Crippen LogP contribution in [0, 0.1) is 5.82 Å². The Kier molecular flexibility index (Phi) is 8.47. The lowest BCUT2D eigenvalue weighted by Gasteiger charge is -2.19. The van der Waals surface area contributed by atoms with E-state index in [-0.39, 0.29) is 30.0 Å². The van der Waals surface area contributed by atoms with Gasteiger partial charge >= 0.3 is 0 Å². The van der Waals surface area contributed by atoms with Gasteiger partial charge in [-0.1, -0.05) is 27.7 Å². The molecule has 0 aliphatic rings. The number of nitrogens with two attached hydrogens (primary N) is 1. The highest BCUT2D eigenvalue weighted by Gasteiger charge is 2.19. The van der Waals surface area contributed by atoms with Crippen molar-refractivity contribution in [1.82, 2.24) is 4.72 Å². The molecule has 0 heterocycles. The Labute approximate surface area is 179 Å². The van der Waals surface area contributed by atoms with E-state index in [1.54, 1.807) is 36.6 Å². The fraction of sp³-hybridized carbons (Fsp3) is 0.304. The fourth-order valence-electron chi connectivity index (χ4n) is 3.11.